The molecule has 110 valence electrons. The summed E-state index contributed by atoms with van der Waals surface area (Å²) in [5.41, 5.74) is 8.49. The van der Waals surface area contributed by atoms with Gasteiger partial charge in [0.1, 0.15) is 5.82 Å². The molecule has 0 spiro atoms. The van der Waals surface area contributed by atoms with Gasteiger partial charge in [-0.3, -0.25) is 0 Å². The van der Waals surface area contributed by atoms with Crippen LogP contribution in [0.3, 0.4) is 0 Å². The molecule has 0 aliphatic heterocycles. The van der Waals surface area contributed by atoms with Crippen molar-refractivity contribution in [1.82, 2.24) is 4.98 Å². The Labute approximate surface area is 124 Å². The fraction of sp³-hybridized carbons (Fsp3) is 0.250. The molecule has 0 aliphatic carbocycles. The standard InChI is InChI=1S/C16H20N4O/c1-3-20(11-13-7-5-4-6-8-13)16-14(15(17)19-21)10-9-12(2)18-16/h4-10,21H,3,11H2,1-2H3,(H2,17,19). The van der Waals surface area contributed by atoms with Crippen molar-refractivity contribution >= 4 is 11.7 Å². The van der Waals surface area contributed by atoms with E-state index in [9.17, 15) is 0 Å². The third-order valence-corrected chi connectivity index (χ3v) is 3.30. The third-order valence-electron chi connectivity index (χ3n) is 3.30. The van der Waals surface area contributed by atoms with E-state index < -0.39 is 0 Å². The highest BCUT2D eigenvalue weighted by Gasteiger charge is 2.15. The summed E-state index contributed by atoms with van der Waals surface area (Å²) >= 11 is 0. The largest absolute Gasteiger partial charge is 0.409 e. The number of nitrogens with two attached hydrogens (primary N) is 1. The zero-order chi connectivity index (χ0) is 15.2. The molecule has 0 saturated heterocycles. The molecular weight excluding hydrogens is 264 g/mol. The zero-order valence-electron chi connectivity index (χ0n) is 12.3. The number of nitrogens with zero attached hydrogens (tertiary/aromatic N) is 3. The molecule has 2 rings (SSSR count). The highest BCUT2D eigenvalue weighted by atomic mass is 16.4. The van der Waals surface area contributed by atoms with E-state index in [1.165, 1.54) is 5.56 Å². The molecule has 0 saturated carbocycles. The first-order valence-electron chi connectivity index (χ1n) is 6.90. The summed E-state index contributed by atoms with van der Waals surface area (Å²) in [5.74, 6) is 0.806. The predicted molar refractivity (Wildman–Crippen MR) is 84.7 cm³/mol. The minimum atomic E-state index is 0.0732. The number of benzene rings is 1. The number of aromatic nitrogens is 1. The van der Waals surface area contributed by atoms with Gasteiger partial charge in [-0.05, 0) is 31.5 Å². The number of rotatable bonds is 5. The SMILES string of the molecule is CCN(Cc1ccccc1)c1nc(C)ccc1C(N)=NO. The van der Waals surface area contributed by atoms with Gasteiger partial charge in [0, 0.05) is 18.8 Å². The number of anilines is 1. The van der Waals surface area contributed by atoms with E-state index in [0.717, 1.165) is 24.6 Å². The Morgan fingerprint density at radius 2 is 1.95 bits per heavy atom. The van der Waals surface area contributed by atoms with Crippen LogP contribution >= 0.6 is 0 Å². The molecule has 0 unspecified atom stereocenters. The fourth-order valence-corrected chi connectivity index (χ4v) is 2.18. The van der Waals surface area contributed by atoms with Gasteiger partial charge in [0.05, 0.1) is 5.56 Å². The highest BCUT2D eigenvalue weighted by Crippen LogP contribution is 2.20. The average molecular weight is 284 g/mol. The van der Waals surface area contributed by atoms with Crippen LogP contribution in [0.15, 0.2) is 47.6 Å². The van der Waals surface area contributed by atoms with Crippen LogP contribution in [0.5, 0.6) is 0 Å². The van der Waals surface area contributed by atoms with E-state index in [2.05, 4.69) is 34.1 Å². The number of hydrogen-bond donors (Lipinski definition) is 2. The van der Waals surface area contributed by atoms with Crippen LogP contribution < -0.4 is 10.6 Å². The number of pyridine rings is 1. The van der Waals surface area contributed by atoms with Gasteiger partial charge in [-0.15, -0.1) is 0 Å². The minimum Gasteiger partial charge on any atom is -0.409 e. The second kappa shape index (κ2) is 6.74. The van der Waals surface area contributed by atoms with Crippen LogP contribution in [0.4, 0.5) is 5.82 Å². The normalized spacial score (nSPS) is 11.4. The second-order valence-corrected chi connectivity index (χ2v) is 4.81. The summed E-state index contributed by atoms with van der Waals surface area (Å²) < 4.78 is 0. The van der Waals surface area contributed by atoms with Crippen LogP contribution in [-0.4, -0.2) is 22.6 Å². The lowest BCUT2D eigenvalue weighted by Crippen LogP contribution is -2.27. The van der Waals surface area contributed by atoms with Crippen molar-refractivity contribution in [3.8, 4) is 0 Å². The number of oxime groups is 1. The molecule has 5 heteroatoms. The first-order valence-corrected chi connectivity index (χ1v) is 6.90. The molecule has 1 heterocycles. The number of hydrogen-bond acceptors (Lipinski definition) is 4. The van der Waals surface area contributed by atoms with E-state index >= 15 is 0 Å². The maximum absolute atomic E-state index is 8.94. The molecular formula is C16H20N4O. The molecule has 1 aromatic carbocycles. The van der Waals surface area contributed by atoms with Gasteiger partial charge < -0.3 is 15.8 Å². The van der Waals surface area contributed by atoms with Crippen LogP contribution in [0.25, 0.3) is 0 Å². The van der Waals surface area contributed by atoms with E-state index in [4.69, 9.17) is 10.9 Å². The Kier molecular flexibility index (Phi) is 4.77. The van der Waals surface area contributed by atoms with E-state index in [1.54, 1.807) is 0 Å². The summed E-state index contributed by atoms with van der Waals surface area (Å²) in [7, 11) is 0. The third kappa shape index (κ3) is 3.51. The van der Waals surface area contributed by atoms with E-state index in [1.807, 2.05) is 37.3 Å². The smallest absolute Gasteiger partial charge is 0.173 e. The summed E-state index contributed by atoms with van der Waals surface area (Å²) in [6.07, 6.45) is 0. The number of amidine groups is 1. The predicted octanol–water partition coefficient (Wildman–Crippen LogP) is 2.51. The van der Waals surface area contributed by atoms with Crippen molar-refractivity contribution in [1.29, 1.82) is 0 Å². The summed E-state index contributed by atoms with van der Waals surface area (Å²) in [4.78, 5) is 6.67. The van der Waals surface area contributed by atoms with Gasteiger partial charge in [-0.2, -0.15) is 0 Å². The molecule has 5 nitrogen and oxygen atoms in total. The molecule has 21 heavy (non-hydrogen) atoms. The minimum absolute atomic E-state index is 0.0732. The quantitative estimate of drug-likeness (QED) is 0.383. The zero-order valence-corrected chi connectivity index (χ0v) is 12.3. The van der Waals surface area contributed by atoms with Gasteiger partial charge in [0.25, 0.3) is 0 Å². The van der Waals surface area contributed by atoms with Crippen molar-refractivity contribution in [3.63, 3.8) is 0 Å². The summed E-state index contributed by atoms with van der Waals surface area (Å²) in [6.45, 7) is 5.48. The van der Waals surface area contributed by atoms with Crippen molar-refractivity contribution in [2.24, 2.45) is 10.9 Å². The fourth-order valence-electron chi connectivity index (χ4n) is 2.18. The van der Waals surface area contributed by atoms with Gasteiger partial charge in [-0.25, -0.2) is 4.98 Å². The Balaban J connectivity index is 2.39. The molecule has 1 aromatic heterocycles. The molecule has 0 radical (unpaired) electrons. The maximum atomic E-state index is 8.94. The van der Waals surface area contributed by atoms with Crippen LogP contribution in [0, 0.1) is 6.92 Å². The molecule has 0 aliphatic rings. The van der Waals surface area contributed by atoms with Gasteiger partial charge in [-0.1, -0.05) is 35.5 Å². The topological polar surface area (TPSA) is 74.7 Å². The molecule has 3 N–H and O–H groups in total. The first-order chi connectivity index (χ1) is 10.2. The highest BCUT2D eigenvalue weighted by molar-refractivity contribution is 6.01. The lowest BCUT2D eigenvalue weighted by Gasteiger charge is -2.24. The maximum Gasteiger partial charge on any atom is 0.173 e. The van der Waals surface area contributed by atoms with Crippen molar-refractivity contribution in [2.45, 2.75) is 20.4 Å². The first kappa shape index (κ1) is 14.8. The van der Waals surface area contributed by atoms with Gasteiger partial charge in [0.15, 0.2) is 5.84 Å². The van der Waals surface area contributed by atoms with Gasteiger partial charge in [0.2, 0.25) is 0 Å². The van der Waals surface area contributed by atoms with Crippen LogP contribution in [-0.2, 0) is 6.54 Å². The lowest BCUT2D eigenvalue weighted by molar-refractivity contribution is 0.318. The van der Waals surface area contributed by atoms with E-state index in [0.29, 0.717) is 5.56 Å². The van der Waals surface area contributed by atoms with E-state index in [-0.39, 0.29) is 5.84 Å². The Hall–Kier alpha value is -2.56. The molecule has 0 atom stereocenters. The monoisotopic (exact) mass is 284 g/mol. The molecule has 0 fully saturated rings. The van der Waals surface area contributed by atoms with Gasteiger partial charge >= 0.3 is 0 Å². The molecule has 0 amide bonds. The number of aryl methyl sites for hydroxylation is 1. The molecule has 0 bridgehead atoms. The average Bonchev–Trinajstić information content (AvgIpc) is 2.52. The van der Waals surface area contributed by atoms with Crippen molar-refractivity contribution < 1.29 is 5.21 Å². The van der Waals surface area contributed by atoms with Crippen molar-refractivity contribution in [2.75, 3.05) is 11.4 Å². The van der Waals surface area contributed by atoms with Crippen LogP contribution in [0.2, 0.25) is 0 Å². The lowest BCUT2D eigenvalue weighted by atomic mass is 10.1. The van der Waals surface area contributed by atoms with Crippen LogP contribution in [0.1, 0.15) is 23.7 Å². The summed E-state index contributed by atoms with van der Waals surface area (Å²) in [5, 5.41) is 12.0. The van der Waals surface area contributed by atoms with Crippen molar-refractivity contribution in [3.05, 3.63) is 59.3 Å². The summed E-state index contributed by atoms with van der Waals surface area (Å²) in [6, 6.07) is 13.8. The Morgan fingerprint density at radius 3 is 2.57 bits per heavy atom. The molecule has 2 aromatic rings. The second-order valence-electron chi connectivity index (χ2n) is 4.81. The Bertz CT molecular complexity index is 625. The Morgan fingerprint density at radius 1 is 1.24 bits per heavy atom.